The number of hydrogen-bond acceptors (Lipinski definition) is 3. The van der Waals surface area contributed by atoms with Crippen molar-refractivity contribution in [3.05, 3.63) is 65.5 Å². The number of sulfonamides is 1. The van der Waals surface area contributed by atoms with Gasteiger partial charge < -0.3 is 4.90 Å². The average molecular weight is 362 g/mol. The molecule has 1 heterocycles. The molecule has 1 aliphatic rings. The lowest BCUT2D eigenvalue weighted by atomic mass is 10.00. The van der Waals surface area contributed by atoms with Crippen LogP contribution < -0.4 is 4.72 Å². The van der Waals surface area contributed by atoms with Gasteiger partial charge >= 0.3 is 0 Å². The summed E-state index contributed by atoms with van der Waals surface area (Å²) in [5.74, 6) is -0.587. The molecule has 1 amide bonds. The third-order valence-corrected chi connectivity index (χ3v) is 5.72. The zero-order valence-electron chi connectivity index (χ0n) is 13.6. The molecule has 1 aliphatic heterocycles. The zero-order valence-corrected chi connectivity index (χ0v) is 14.4. The Morgan fingerprint density at radius 3 is 2.48 bits per heavy atom. The number of halogens is 1. The highest BCUT2D eigenvalue weighted by molar-refractivity contribution is 7.89. The van der Waals surface area contributed by atoms with Crippen molar-refractivity contribution in [2.45, 2.75) is 24.3 Å². The van der Waals surface area contributed by atoms with Gasteiger partial charge in [-0.1, -0.05) is 24.3 Å². The highest BCUT2D eigenvalue weighted by Gasteiger charge is 2.21. The van der Waals surface area contributed by atoms with Crippen LogP contribution in [-0.4, -0.2) is 32.3 Å². The number of carbonyl (C=O) groups excluding carboxylic acids is 1. The van der Waals surface area contributed by atoms with E-state index in [0.717, 1.165) is 24.1 Å². The Bertz CT molecular complexity index is 866. The first-order chi connectivity index (χ1) is 12.0. The molecule has 0 saturated heterocycles. The predicted octanol–water partition coefficient (Wildman–Crippen LogP) is 2.08. The summed E-state index contributed by atoms with van der Waals surface area (Å²) >= 11 is 0. The fraction of sp³-hybridized carbons (Fsp3) is 0.278. The van der Waals surface area contributed by atoms with Gasteiger partial charge in [-0.15, -0.1) is 0 Å². The molecule has 0 spiro atoms. The number of nitrogens with one attached hydrogen (secondary N) is 1. The lowest BCUT2D eigenvalue weighted by Gasteiger charge is -2.29. The van der Waals surface area contributed by atoms with Crippen LogP contribution in [0.5, 0.6) is 0 Å². The van der Waals surface area contributed by atoms with Crippen LogP contribution in [0.15, 0.2) is 53.4 Å². The Balaban J connectivity index is 1.54. The van der Waals surface area contributed by atoms with Crippen LogP contribution in [0.3, 0.4) is 0 Å². The molecule has 0 aliphatic carbocycles. The van der Waals surface area contributed by atoms with Crippen molar-refractivity contribution >= 4 is 15.9 Å². The summed E-state index contributed by atoms with van der Waals surface area (Å²) < 4.78 is 39.5. The van der Waals surface area contributed by atoms with Crippen molar-refractivity contribution < 1.29 is 17.6 Å². The van der Waals surface area contributed by atoms with E-state index in [1.165, 1.54) is 17.7 Å². The van der Waals surface area contributed by atoms with E-state index in [4.69, 9.17) is 0 Å². The van der Waals surface area contributed by atoms with E-state index in [9.17, 15) is 17.6 Å². The third kappa shape index (κ3) is 4.24. The molecule has 1 N–H and O–H groups in total. The summed E-state index contributed by atoms with van der Waals surface area (Å²) in [4.78, 5) is 14.0. The first-order valence-electron chi connectivity index (χ1n) is 8.05. The summed E-state index contributed by atoms with van der Waals surface area (Å²) in [5.41, 5.74) is 2.39. The third-order valence-electron chi connectivity index (χ3n) is 4.24. The summed E-state index contributed by atoms with van der Waals surface area (Å²) in [6.07, 6.45) is 0.895. The average Bonchev–Trinajstić information content (AvgIpc) is 2.61. The minimum absolute atomic E-state index is 0.0106. The van der Waals surface area contributed by atoms with Crippen molar-refractivity contribution in [2.24, 2.45) is 0 Å². The van der Waals surface area contributed by atoms with Gasteiger partial charge in [0, 0.05) is 26.1 Å². The van der Waals surface area contributed by atoms with Crippen molar-refractivity contribution in [1.29, 1.82) is 0 Å². The Morgan fingerprint density at radius 2 is 1.76 bits per heavy atom. The molecule has 0 bridgehead atoms. The van der Waals surface area contributed by atoms with Crippen LogP contribution in [-0.2, 0) is 27.8 Å². The summed E-state index contributed by atoms with van der Waals surface area (Å²) in [6, 6.07) is 12.6. The molecule has 0 radical (unpaired) electrons. The second kappa shape index (κ2) is 7.33. The molecule has 25 heavy (non-hydrogen) atoms. The number of hydrogen-bond donors (Lipinski definition) is 1. The van der Waals surface area contributed by atoms with Gasteiger partial charge in [0.1, 0.15) is 5.82 Å². The predicted molar refractivity (Wildman–Crippen MR) is 91.8 cm³/mol. The molecular formula is C18H19FN2O3S. The Morgan fingerprint density at radius 1 is 1.08 bits per heavy atom. The molecule has 0 atom stereocenters. The van der Waals surface area contributed by atoms with E-state index in [2.05, 4.69) is 10.8 Å². The second-order valence-electron chi connectivity index (χ2n) is 5.94. The van der Waals surface area contributed by atoms with Crippen LogP contribution in [0, 0.1) is 5.82 Å². The fourth-order valence-corrected chi connectivity index (χ4v) is 3.89. The van der Waals surface area contributed by atoms with Crippen molar-refractivity contribution in [2.75, 3.05) is 13.1 Å². The van der Waals surface area contributed by atoms with E-state index in [1.54, 1.807) is 4.90 Å². The first-order valence-corrected chi connectivity index (χ1v) is 9.54. The molecule has 0 saturated carbocycles. The maximum Gasteiger partial charge on any atom is 0.240 e. The highest BCUT2D eigenvalue weighted by Crippen LogP contribution is 2.19. The summed E-state index contributed by atoms with van der Waals surface area (Å²) in [6.45, 7) is 1.21. The minimum atomic E-state index is -3.74. The number of amides is 1. The Labute approximate surface area is 146 Å². The van der Waals surface area contributed by atoms with Crippen molar-refractivity contribution in [1.82, 2.24) is 9.62 Å². The quantitative estimate of drug-likeness (QED) is 0.886. The lowest BCUT2D eigenvalue weighted by molar-refractivity contribution is -0.131. The smallest absolute Gasteiger partial charge is 0.240 e. The van der Waals surface area contributed by atoms with Gasteiger partial charge in [0.15, 0.2) is 0 Å². The zero-order chi connectivity index (χ0) is 17.9. The molecule has 0 aromatic heterocycles. The molecular weight excluding hydrogens is 343 g/mol. The van der Waals surface area contributed by atoms with E-state index in [-0.39, 0.29) is 23.8 Å². The molecule has 7 heteroatoms. The monoisotopic (exact) mass is 362 g/mol. The first kappa shape index (κ1) is 17.6. The number of benzene rings is 2. The second-order valence-corrected chi connectivity index (χ2v) is 7.70. The molecule has 2 aromatic rings. The van der Waals surface area contributed by atoms with E-state index in [1.807, 2.05) is 18.2 Å². The number of rotatable bonds is 5. The molecule has 5 nitrogen and oxygen atoms in total. The highest BCUT2D eigenvalue weighted by atomic mass is 32.2. The van der Waals surface area contributed by atoms with Gasteiger partial charge in [0.05, 0.1) is 4.90 Å². The number of carbonyl (C=O) groups is 1. The SMILES string of the molecule is O=C(CCNS(=O)(=O)c1ccc(F)cc1)N1CCc2ccccc2C1. The van der Waals surface area contributed by atoms with Crippen LogP contribution in [0.25, 0.3) is 0 Å². The van der Waals surface area contributed by atoms with Gasteiger partial charge in [-0.3, -0.25) is 4.79 Å². The van der Waals surface area contributed by atoms with E-state index < -0.39 is 15.8 Å². The normalized spacial score (nSPS) is 14.2. The fourth-order valence-electron chi connectivity index (χ4n) is 2.86. The van der Waals surface area contributed by atoms with Crippen molar-refractivity contribution in [3.63, 3.8) is 0 Å². The van der Waals surface area contributed by atoms with Gasteiger partial charge in [0.2, 0.25) is 15.9 Å². The Kier molecular flexibility index (Phi) is 5.15. The maximum absolute atomic E-state index is 12.9. The van der Waals surface area contributed by atoms with Crippen LogP contribution >= 0.6 is 0 Å². The molecule has 0 unspecified atom stereocenters. The van der Waals surface area contributed by atoms with Gasteiger partial charge in [-0.2, -0.15) is 0 Å². The summed E-state index contributed by atoms with van der Waals surface area (Å²) in [5, 5.41) is 0. The number of fused-ring (bicyclic) bond motifs is 1. The van der Waals surface area contributed by atoms with Gasteiger partial charge in [-0.25, -0.2) is 17.5 Å². The van der Waals surface area contributed by atoms with Gasteiger partial charge in [0.25, 0.3) is 0 Å². The van der Waals surface area contributed by atoms with E-state index in [0.29, 0.717) is 13.1 Å². The summed E-state index contributed by atoms with van der Waals surface area (Å²) in [7, 11) is -3.74. The number of nitrogens with zero attached hydrogens (tertiary/aromatic N) is 1. The lowest BCUT2D eigenvalue weighted by Crippen LogP contribution is -2.38. The standard InChI is InChI=1S/C18H19FN2O3S/c19-16-5-7-17(8-6-16)25(23,24)20-11-9-18(22)21-12-10-14-3-1-2-4-15(14)13-21/h1-8,20H,9-13H2. The van der Waals surface area contributed by atoms with Crippen molar-refractivity contribution in [3.8, 4) is 0 Å². The largest absolute Gasteiger partial charge is 0.338 e. The molecule has 2 aromatic carbocycles. The van der Waals surface area contributed by atoms with Gasteiger partial charge in [-0.05, 0) is 41.8 Å². The van der Waals surface area contributed by atoms with Crippen LogP contribution in [0.1, 0.15) is 17.5 Å². The topological polar surface area (TPSA) is 66.5 Å². The molecule has 0 fully saturated rings. The Hall–Kier alpha value is -2.25. The molecule has 3 rings (SSSR count). The van der Waals surface area contributed by atoms with Crippen LogP contribution in [0.4, 0.5) is 4.39 Å². The van der Waals surface area contributed by atoms with E-state index >= 15 is 0 Å². The van der Waals surface area contributed by atoms with Crippen LogP contribution in [0.2, 0.25) is 0 Å². The maximum atomic E-state index is 12.9. The minimum Gasteiger partial charge on any atom is -0.338 e. The molecule has 132 valence electrons.